The lowest BCUT2D eigenvalue weighted by molar-refractivity contribution is -0.236. The minimum atomic E-state index is -0.949. The van der Waals surface area contributed by atoms with Gasteiger partial charge in [0, 0.05) is 12.5 Å². The fourth-order valence-corrected chi connectivity index (χ4v) is 10.2. The summed E-state index contributed by atoms with van der Waals surface area (Å²) in [4.78, 5) is 25.0. The van der Waals surface area contributed by atoms with Crippen LogP contribution in [0.1, 0.15) is 99.8 Å². The standard InChI is InChI=1S/C34H50O6/c1-9-17-39-27-14-15-32(6)24(21(27)4)13-16-33(7)30(32)26(36)18-25-29(23(31(37)38)12-10-11-20(2)3)28(40-22(5)35)19-34(25,33)8/h1,11,21,24-28,30,36H,10,12-19H2,2-8H3,(H,37,38)/b29-23-/t21-,24?,25+,26+,27-,28-,30+,32-,33-,34-/m0/s1. The van der Waals surface area contributed by atoms with E-state index < -0.39 is 24.1 Å². The number of carboxylic acids is 1. The first kappa shape index (κ1) is 30.8. The summed E-state index contributed by atoms with van der Waals surface area (Å²) in [5.41, 5.74) is 1.61. The smallest absolute Gasteiger partial charge is 0.331 e. The van der Waals surface area contributed by atoms with Crippen LogP contribution in [0.2, 0.25) is 0 Å². The molecule has 0 aromatic carbocycles. The van der Waals surface area contributed by atoms with E-state index in [0.29, 0.717) is 49.7 Å². The van der Waals surface area contributed by atoms with Gasteiger partial charge in [-0.1, -0.05) is 45.3 Å². The minimum Gasteiger partial charge on any atom is -0.478 e. The Morgan fingerprint density at radius 1 is 1.12 bits per heavy atom. The molecule has 0 saturated heterocycles. The molecule has 0 radical (unpaired) electrons. The van der Waals surface area contributed by atoms with Crippen molar-refractivity contribution in [2.24, 2.45) is 39.9 Å². The van der Waals surface area contributed by atoms with E-state index in [1.54, 1.807) is 0 Å². The van der Waals surface area contributed by atoms with Gasteiger partial charge in [-0.25, -0.2) is 4.79 Å². The molecule has 2 N–H and O–H groups in total. The molecule has 6 nitrogen and oxygen atoms in total. The molecular formula is C34H50O6. The molecule has 40 heavy (non-hydrogen) atoms. The molecular weight excluding hydrogens is 504 g/mol. The van der Waals surface area contributed by atoms with Crippen LogP contribution in [0.25, 0.3) is 0 Å². The lowest BCUT2D eigenvalue weighted by atomic mass is 9.36. The lowest BCUT2D eigenvalue weighted by Crippen LogP contribution is -2.65. The maximum atomic E-state index is 12.7. The van der Waals surface area contributed by atoms with Crippen molar-refractivity contribution in [1.29, 1.82) is 0 Å². The first-order valence-electron chi connectivity index (χ1n) is 15.2. The van der Waals surface area contributed by atoms with Gasteiger partial charge in [-0.15, -0.1) is 6.42 Å². The second-order valence-corrected chi connectivity index (χ2v) is 14.1. The first-order valence-corrected chi connectivity index (χ1v) is 15.2. The Morgan fingerprint density at radius 2 is 1.82 bits per heavy atom. The zero-order valence-corrected chi connectivity index (χ0v) is 25.6. The van der Waals surface area contributed by atoms with Gasteiger partial charge in [-0.05, 0) is 111 Å². The van der Waals surface area contributed by atoms with Crippen LogP contribution < -0.4 is 0 Å². The fourth-order valence-electron chi connectivity index (χ4n) is 10.2. The van der Waals surface area contributed by atoms with Crippen LogP contribution in [0, 0.1) is 52.3 Å². The Hall–Kier alpha value is -2.10. The molecule has 0 aliphatic heterocycles. The van der Waals surface area contributed by atoms with Crippen LogP contribution >= 0.6 is 0 Å². The summed E-state index contributed by atoms with van der Waals surface area (Å²) in [7, 11) is 0. The molecule has 0 heterocycles. The van der Waals surface area contributed by atoms with E-state index in [0.717, 1.165) is 36.8 Å². The van der Waals surface area contributed by atoms with Crippen molar-refractivity contribution in [3.63, 3.8) is 0 Å². The van der Waals surface area contributed by atoms with E-state index in [2.05, 4.69) is 39.7 Å². The van der Waals surface area contributed by atoms with Gasteiger partial charge in [-0.3, -0.25) is 4.79 Å². The Bertz CT molecular complexity index is 1110. The molecule has 4 saturated carbocycles. The number of ether oxygens (including phenoxy) is 2. The number of aliphatic hydroxyl groups is 1. The highest BCUT2D eigenvalue weighted by atomic mass is 16.5. The maximum absolute atomic E-state index is 12.7. The van der Waals surface area contributed by atoms with Crippen LogP contribution in [0.3, 0.4) is 0 Å². The number of carboxylic acid groups (broad SMARTS) is 1. The fraction of sp³-hybridized carbons (Fsp3) is 0.765. The summed E-state index contributed by atoms with van der Waals surface area (Å²) < 4.78 is 12.0. The van der Waals surface area contributed by atoms with Gasteiger partial charge in [0.15, 0.2) is 0 Å². The van der Waals surface area contributed by atoms with Crippen molar-refractivity contribution in [2.45, 2.75) is 118 Å². The molecule has 0 aromatic heterocycles. The summed E-state index contributed by atoms with van der Waals surface area (Å²) in [6.07, 6.45) is 12.5. The van der Waals surface area contributed by atoms with E-state index in [1.807, 2.05) is 13.8 Å². The Balaban J connectivity index is 1.77. The number of aliphatic carboxylic acids is 1. The van der Waals surface area contributed by atoms with Crippen molar-refractivity contribution < 1.29 is 29.3 Å². The monoisotopic (exact) mass is 554 g/mol. The SMILES string of the molecule is C#CCO[C@H]1CC[C@@]2(C)C(CC[C@@]3(C)[C@@H]2[C@H](O)C[C@@H]2/C(=C(\CCC=C(C)C)C(=O)O)[C@@H](OC(C)=O)C[C@@]23C)[C@@H]1C. The van der Waals surface area contributed by atoms with Crippen molar-refractivity contribution in [2.75, 3.05) is 6.61 Å². The largest absolute Gasteiger partial charge is 0.478 e. The number of aliphatic hydroxyl groups excluding tert-OH is 1. The molecule has 222 valence electrons. The van der Waals surface area contributed by atoms with E-state index >= 15 is 0 Å². The lowest BCUT2D eigenvalue weighted by Gasteiger charge is -2.69. The molecule has 4 rings (SSSR count). The normalized spacial score (nSPS) is 43.4. The quantitative estimate of drug-likeness (QED) is 0.165. The zero-order valence-electron chi connectivity index (χ0n) is 25.6. The van der Waals surface area contributed by atoms with Gasteiger partial charge >= 0.3 is 11.9 Å². The van der Waals surface area contributed by atoms with Gasteiger partial charge in [0.2, 0.25) is 0 Å². The van der Waals surface area contributed by atoms with Gasteiger partial charge in [-0.2, -0.15) is 0 Å². The number of allylic oxidation sites excluding steroid dienone is 2. The third kappa shape index (κ3) is 4.96. The van der Waals surface area contributed by atoms with Gasteiger partial charge in [0.1, 0.15) is 12.7 Å². The molecule has 10 atom stereocenters. The van der Waals surface area contributed by atoms with Crippen molar-refractivity contribution in [1.82, 2.24) is 0 Å². The van der Waals surface area contributed by atoms with Crippen LogP contribution in [0.4, 0.5) is 0 Å². The predicted molar refractivity (Wildman–Crippen MR) is 155 cm³/mol. The maximum Gasteiger partial charge on any atom is 0.331 e. The van der Waals surface area contributed by atoms with E-state index in [9.17, 15) is 19.8 Å². The average Bonchev–Trinajstić information content (AvgIpc) is 3.12. The molecule has 0 amide bonds. The number of hydrogen-bond donors (Lipinski definition) is 2. The second-order valence-electron chi connectivity index (χ2n) is 14.1. The highest BCUT2D eigenvalue weighted by molar-refractivity contribution is 5.88. The van der Waals surface area contributed by atoms with Crippen molar-refractivity contribution in [3.8, 4) is 12.3 Å². The Labute approximate surface area is 241 Å². The highest BCUT2D eigenvalue weighted by Gasteiger charge is 2.70. The van der Waals surface area contributed by atoms with Crippen molar-refractivity contribution in [3.05, 3.63) is 22.8 Å². The number of fused-ring (bicyclic) bond motifs is 5. The van der Waals surface area contributed by atoms with Crippen LogP contribution in [-0.2, 0) is 19.1 Å². The van der Waals surface area contributed by atoms with Crippen LogP contribution in [0.15, 0.2) is 22.8 Å². The summed E-state index contributed by atoms with van der Waals surface area (Å²) in [5.74, 6) is 1.94. The molecule has 4 fully saturated rings. The van der Waals surface area contributed by atoms with Gasteiger partial charge in [0.25, 0.3) is 0 Å². The summed E-state index contributed by atoms with van der Waals surface area (Å²) >= 11 is 0. The number of carbonyl (C=O) groups excluding carboxylic acids is 1. The predicted octanol–water partition coefficient (Wildman–Crippen LogP) is 6.32. The molecule has 4 aliphatic rings. The Kier molecular flexibility index (Phi) is 8.71. The highest BCUT2D eigenvalue weighted by Crippen LogP contribution is 2.74. The molecule has 0 aromatic rings. The van der Waals surface area contributed by atoms with Gasteiger partial charge in [0.05, 0.1) is 12.2 Å². The molecule has 0 bridgehead atoms. The summed E-state index contributed by atoms with van der Waals surface area (Å²) in [5, 5.41) is 22.4. The molecule has 6 heteroatoms. The van der Waals surface area contributed by atoms with E-state index in [-0.39, 0.29) is 34.2 Å². The molecule has 1 unspecified atom stereocenters. The first-order chi connectivity index (χ1) is 18.7. The molecule has 4 aliphatic carbocycles. The second kappa shape index (κ2) is 11.3. The zero-order chi connectivity index (χ0) is 29.6. The topological polar surface area (TPSA) is 93.1 Å². The Morgan fingerprint density at radius 3 is 2.42 bits per heavy atom. The third-order valence-electron chi connectivity index (χ3n) is 11.9. The van der Waals surface area contributed by atoms with Gasteiger partial charge < -0.3 is 19.7 Å². The van der Waals surface area contributed by atoms with E-state index in [4.69, 9.17) is 15.9 Å². The summed E-state index contributed by atoms with van der Waals surface area (Å²) in [6, 6.07) is 0. The van der Waals surface area contributed by atoms with Crippen LogP contribution in [-0.4, -0.2) is 47.1 Å². The summed E-state index contributed by atoms with van der Waals surface area (Å²) in [6.45, 7) is 15.0. The third-order valence-corrected chi connectivity index (χ3v) is 11.9. The average molecular weight is 555 g/mol. The number of terminal acetylenes is 1. The number of carbonyl (C=O) groups is 2. The van der Waals surface area contributed by atoms with Crippen molar-refractivity contribution >= 4 is 11.9 Å². The molecule has 0 spiro atoms. The van der Waals surface area contributed by atoms with E-state index in [1.165, 1.54) is 6.92 Å². The number of hydrogen-bond acceptors (Lipinski definition) is 5. The number of rotatable bonds is 7. The number of esters is 1. The van der Waals surface area contributed by atoms with Crippen LogP contribution in [0.5, 0.6) is 0 Å². The minimum absolute atomic E-state index is 0.0623.